The molecule has 1 aliphatic rings. The second kappa shape index (κ2) is 11.1. The molecule has 1 aliphatic heterocycles. The first-order valence-electron chi connectivity index (χ1n) is 10.7. The number of hydrogen-bond acceptors (Lipinski definition) is 7. The lowest BCUT2D eigenvalue weighted by molar-refractivity contribution is -0.125. The smallest absolute Gasteiger partial charge is 0.242 e. The molecule has 3 rings (SSSR count). The van der Waals surface area contributed by atoms with E-state index >= 15 is 0 Å². The fourth-order valence-electron chi connectivity index (χ4n) is 3.30. The van der Waals surface area contributed by atoms with E-state index < -0.39 is 6.04 Å². The molecule has 2 heterocycles. The third-order valence-corrected chi connectivity index (χ3v) is 5.00. The van der Waals surface area contributed by atoms with Gasteiger partial charge in [-0.1, -0.05) is 30.3 Å². The molecule has 1 fully saturated rings. The Labute approximate surface area is 187 Å². The molecule has 0 spiro atoms. The van der Waals surface area contributed by atoms with E-state index in [2.05, 4.69) is 36.6 Å². The standard InChI is InChI=1S/C22H29N7O3/c1-14-19(24-11-10-23-15(2)30)28-21(16-6-4-3-5-7-16)29-20(14)25-12-13-26-22(32)17-8-9-18(31)27-17/h3-7,17H,8-13H2,1-2H3,(H,23,30)(H,26,32)(H,27,31)(H2,24,25,28,29)/t17-/m0/s1. The maximum absolute atomic E-state index is 12.1. The van der Waals surface area contributed by atoms with E-state index in [4.69, 9.17) is 0 Å². The van der Waals surface area contributed by atoms with Crippen molar-refractivity contribution in [3.63, 3.8) is 0 Å². The molecule has 10 heteroatoms. The van der Waals surface area contributed by atoms with Gasteiger partial charge in [-0.05, 0) is 13.3 Å². The highest BCUT2D eigenvalue weighted by Gasteiger charge is 2.26. The van der Waals surface area contributed by atoms with Crippen LogP contribution in [0.3, 0.4) is 0 Å². The lowest BCUT2D eigenvalue weighted by Gasteiger charge is -2.16. The van der Waals surface area contributed by atoms with Crippen LogP contribution in [0.2, 0.25) is 0 Å². The fraction of sp³-hybridized carbons (Fsp3) is 0.409. The first-order valence-corrected chi connectivity index (χ1v) is 10.7. The quantitative estimate of drug-likeness (QED) is 0.345. The lowest BCUT2D eigenvalue weighted by atomic mass is 10.2. The Balaban J connectivity index is 1.65. The Hall–Kier alpha value is -3.69. The summed E-state index contributed by atoms with van der Waals surface area (Å²) in [5, 5.41) is 14.8. The van der Waals surface area contributed by atoms with E-state index in [-0.39, 0.29) is 17.7 Å². The molecule has 2 aromatic rings. The Morgan fingerprint density at radius 2 is 1.62 bits per heavy atom. The number of aromatic nitrogens is 2. The van der Waals surface area contributed by atoms with Crippen LogP contribution in [0.25, 0.3) is 11.4 Å². The molecule has 32 heavy (non-hydrogen) atoms. The predicted molar refractivity (Wildman–Crippen MR) is 122 cm³/mol. The third kappa shape index (κ3) is 6.40. The molecule has 1 aromatic carbocycles. The zero-order valence-corrected chi connectivity index (χ0v) is 18.3. The minimum atomic E-state index is -0.451. The Kier molecular flexibility index (Phi) is 7.96. The van der Waals surface area contributed by atoms with Gasteiger partial charge in [-0.3, -0.25) is 14.4 Å². The zero-order valence-electron chi connectivity index (χ0n) is 18.3. The second-order valence-electron chi connectivity index (χ2n) is 7.52. The van der Waals surface area contributed by atoms with Gasteiger partial charge >= 0.3 is 0 Å². The number of amides is 3. The summed E-state index contributed by atoms with van der Waals surface area (Å²) >= 11 is 0. The van der Waals surface area contributed by atoms with Crippen molar-refractivity contribution in [1.82, 2.24) is 25.9 Å². The molecule has 0 aliphatic carbocycles. The molecule has 10 nitrogen and oxygen atoms in total. The van der Waals surface area contributed by atoms with Crippen LogP contribution in [-0.2, 0) is 14.4 Å². The number of benzene rings is 1. The van der Waals surface area contributed by atoms with Crippen LogP contribution in [0, 0.1) is 6.92 Å². The van der Waals surface area contributed by atoms with Gasteiger partial charge in [0.25, 0.3) is 0 Å². The largest absolute Gasteiger partial charge is 0.368 e. The van der Waals surface area contributed by atoms with Crippen LogP contribution in [-0.4, -0.2) is 59.9 Å². The van der Waals surface area contributed by atoms with Gasteiger partial charge in [0, 0.05) is 50.7 Å². The molecule has 0 unspecified atom stereocenters. The Bertz CT molecular complexity index is 965. The van der Waals surface area contributed by atoms with Gasteiger partial charge in [0.1, 0.15) is 17.7 Å². The lowest BCUT2D eigenvalue weighted by Crippen LogP contribution is -2.43. The first kappa shape index (κ1) is 23.0. The first-order chi connectivity index (χ1) is 15.4. The van der Waals surface area contributed by atoms with Gasteiger partial charge in [-0.15, -0.1) is 0 Å². The van der Waals surface area contributed by atoms with Gasteiger partial charge in [-0.25, -0.2) is 9.97 Å². The third-order valence-electron chi connectivity index (χ3n) is 5.00. The molecular weight excluding hydrogens is 410 g/mol. The van der Waals surface area contributed by atoms with E-state index in [1.54, 1.807) is 0 Å². The van der Waals surface area contributed by atoms with Crippen molar-refractivity contribution in [3.8, 4) is 11.4 Å². The van der Waals surface area contributed by atoms with Crippen molar-refractivity contribution in [2.75, 3.05) is 36.8 Å². The van der Waals surface area contributed by atoms with E-state index in [0.29, 0.717) is 56.5 Å². The second-order valence-corrected chi connectivity index (χ2v) is 7.52. The van der Waals surface area contributed by atoms with Crippen molar-refractivity contribution in [1.29, 1.82) is 0 Å². The van der Waals surface area contributed by atoms with Crippen molar-refractivity contribution in [2.45, 2.75) is 32.7 Å². The monoisotopic (exact) mass is 439 g/mol. The van der Waals surface area contributed by atoms with Crippen molar-refractivity contribution in [2.24, 2.45) is 0 Å². The van der Waals surface area contributed by atoms with Crippen molar-refractivity contribution < 1.29 is 14.4 Å². The highest BCUT2D eigenvalue weighted by atomic mass is 16.2. The van der Waals surface area contributed by atoms with E-state index in [0.717, 1.165) is 11.1 Å². The minimum absolute atomic E-state index is 0.0854. The van der Waals surface area contributed by atoms with Crippen LogP contribution in [0.1, 0.15) is 25.3 Å². The average molecular weight is 440 g/mol. The number of rotatable bonds is 10. The van der Waals surface area contributed by atoms with Crippen LogP contribution in [0.15, 0.2) is 30.3 Å². The number of nitrogens with one attached hydrogen (secondary N) is 5. The summed E-state index contributed by atoms with van der Waals surface area (Å²) in [5.74, 6) is 1.54. The molecule has 0 bridgehead atoms. The van der Waals surface area contributed by atoms with Gasteiger partial charge in [-0.2, -0.15) is 0 Å². The van der Waals surface area contributed by atoms with Gasteiger partial charge in [0.05, 0.1) is 0 Å². The van der Waals surface area contributed by atoms with Gasteiger partial charge < -0.3 is 26.6 Å². The highest BCUT2D eigenvalue weighted by Crippen LogP contribution is 2.24. The summed E-state index contributed by atoms with van der Waals surface area (Å²) in [5.41, 5.74) is 1.72. The van der Waals surface area contributed by atoms with Crippen molar-refractivity contribution >= 4 is 29.4 Å². The highest BCUT2D eigenvalue weighted by molar-refractivity contribution is 5.90. The molecule has 3 amide bonds. The summed E-state index contributed by atoms with van der Waals surface area (Å²) in [6.07, 6.45) is 0.910. The van der Waals surface area contributed by atoms with E-state index in [9.17, 15) is 14.4 Å². The predicted octanol–water partition coefficient (Wildman–Crippen LogP) is 0.807. The number of anilines is 2. The molecule has 170 valence electrons. The molecule has 1 saturated heterocycles. The topological polar surface area (TPSA) is 137 Å². The Morgan fingerprint density at radius 1 is 1.00 bits per heavy atom. The fourth-order valence-corrected chi connectivity index (χ4v) is 3.30. The van der Waals surface area contributed by atoms with Crippen molar-refractivity contribution in [3.05, 3.63) is 35.9 Å². The zero-order chi connectivity index (χ0) is 22.9. The van der Waals surface area contributed by atoms with Crippen LogP contribution in [0.4, 0.5) is 11.6 Å². The molecule has 0 radical (unpaired) electrons. The van der Waals surface area contributed by atoms with E-state index in [1.165, 1.54) is 6.92 Å². The summed E-state index contributed by atoms with van der Waals surface area (Å²) in [7, 11) is 0. The van der Waals surface area contributed by atoms with Crippen LogP contribution >= 0.6 is 0 Å². The number of nitrogens with zero attached hydrogens (tertiary/aromatic N) is 2. The van der Waals surface area contributed by atoms with Crippen LogP contribution in [0.5, 0.6) is 0 Å². The van der Waals surface area contributed by atoms with Gasteiger partial charge in [0.15, 0.2) is 5.82 Å². The van der Waals surface area contributed by atoms with E-state index in [1.807, 2.05) is 37.3 Å². The SMILES string of the molecule is CC(=O)NCCNc1nc(-c2ccccc2)nc(NCCNC(=O)[C@@H]2CCC(=O)N2)c1C. The minimum Gasteiger partial charge on any atom is -0.368 e. The summed E-state index contributed by atoms with van der Waals surface area (Å²) in [4.78, 5) is 43.8. The Morgan fingerprint density at radius 3 is 2.19 bits per heavy atom. The maximum Gasteiger partial charge on any atom is 0.242 e. The molecule has 1 aromatic heterocycles. The number of carbonyl (C=O) groups excluding carboxylic acids is 3. The molecule has 5 N–H and O–H groups in total. The number of hydrogen-bond donors (Lipinski definition) is 5. The van der Waals surface area contributed by atoms with Crippen LogP contribution < -0.4 is 26.6 Å². The summed E-state index contributed by atoms with van der Waals surface area (Å²) in [6, 6.07) is 9.20. The summed E-state index contributed by atoms with van der Waals surface area (Å²) < 4.78 is 0. The molecule has 1 atom stereocenters. The maximum atomic E-state index is 12.1. The summed E-state index contributed by atoms with van der Waals surface area (Å²) in [6.45, 7) is 5.24. The average Bonchev–Trinajstić information content (AvgIpc) is 3.22. The number of carbonyl (C=O) groups is 3. The molecule has 0 saturated carbocycles. The van der Waals surface area contributed by atoms with Gasteiger partial charge in [0.2, 0.25) is 17.7 Å². The molecular formula is C22H29N7O3. The normalized spacial score (nSPS) is 15.1.